The molecule has 4 heteroatoms. The molecule has 0 fully saturated rings. The maximum Gasteiger partial charge on any atom is 0.133 e. The van der Waals surface area contributed by atoms with E-state index in [1.54, 1.807) is 7.11 Å². The highest BCUT2D eigenvalue weighted by Gasteiger charge is 2.16. The van der Waals surface area contributed by atoms with E-state index in [2.05, 4.69) is 52.9 Å². The minimum Gasteiger partial charge on any atom is -0.383 e. The van der Waals surface area contributed by atoms with Gasteiger partial charge in [-0.25, -0.2) is 4.98 Å². The van der Waals surface area contributed by atoms with Crippen LogP contribution >= 0.6 is 15.9 Å². The number of hydrogen-bond donors (Lipinski definition) is 0. The summed E-state index contributed by atoms with van der Waals surface area (Å²) in [6.07, 6.45) is 0. The molecule has 1 heterocycles. The number of para-hydroxylation sites is 1. The number of aromatic nitrogens is 1. The van der Waals surface area contributed by atoms with E-state index in [1.807, 2.05) is 12.1 Å². The Morgan fingerprint density at radius 1 is 1.30 bits per heavy atom. The van der Waals surface area contributed by atoms with Crippen LogP contribution in [0.5, 0.6) is 0 Å². The molecule has 0 aliphatic carbocycles. The average molecular weight is 337 g/mol. The summed E-state index contributed by atoms with van der Waals surface area (Å²) in [7, 11) is 1.73. The van der Waals surface area contributed by atoms with Gasteiger partial charge in [-0.05, 0) is 26.0 Å². The number of halogens is 1. The first kappa shape index (κ1) is 15.3. The van der Waals surface area contributed by atoms with Gasteiger partial charge in [0.05, 0.1) is 12.1 Å². The fraction of sp³-hybridized carbons (Fsp3) is 0.438. The van der Waals surface area contributed by atoms with E-state index in [0.717, 1.165) is 23.2 Å². The van der Waals surface area contributed by atoms with Crippen molar-refractivity contribution >= 4 is 32.7 Å². The Kier molecular flexibility index (Phi) is 5.38. The molecule has 0 aliphatic rings. The van der Waals surface area contributed by atoms with Gasteiger partial charge in [0.2, 0.25) is 0 Å². The minimum absolute atomic E-state index is 0.386. The number of nitrogens with zero attached hydrogens (tertiary/aromatic N) is 2. The zero-order chi connectivity index (χ0) is 14.5. The number of fused-ring (bicyclic) bond motifs is 1. The van der Waals surface area contributed by atoms with E-state index in [9.17, 15) is 0 Å². The second-order valence-electron chi connectivity index (χ2n) is 5.08. The second kappa shape index (κ2) is 7.04. The molecule has 0 amide bonds. The van der Waals surface area contributed by atoms with Crippen LogP contribution in [-0.2, 0) is 10.1 Å². The van der Waals surface area contributed by atoms with E-state index in [1.165, 1.54) is 10.9 Å². The molecule has 20 heavy (non-hydrogen) atoms. The van der Waals surface area contributed by atoms with Gasteiger partial charge in [-0.3, -0.25) is 0 Å². The summed E-state index contributed by atoms with van der Waals surface area (Å²) in [5.74, 6) is 1.05. The molecule has 0 N–H and O–H groups in total. The molecule has 0 aliphatic heterocycles. The van der Waals surface area contributed by atoms with Crippen LogP contribution < -0.4 is 4.90 Å². The van der Waals surface area contributed by atoms with Gasteiger partial charge in [0.1, 0.15) is 5.82 Å². The van der Waals surface area contributed by atoms with Crippen molar-refractivity contribution in [2.24, 2.45) is 0 Å². The van der Waals surface area contributed by atoms with Crippen LogP contribution in [0.25, 0.3) is 10.9 Å². The van der Waals surface area contributed by atoms with Gasteiger partial charge in [0, 0.05) is 36.0 Å². The average Bonchev–Trinajstić information content (AvgIpc) is 2.46. The number of anilines is 1. The smallest absolute Gasteiger partial charge is 0.133 e. The van der Waals surface area contributed by atoms with Crippen molar-refractivity contribution in [1.82, 2.24) is 4.98 Å². The van der Waals surface area contributed by atoms with Crippen LogP contribution in [0, 0.1) is 0 Å². The van der Waals surface area contributed by atoms with E-state index in [-0.39, 0.29) is 0 Å². The highest BCUT2D eigenvalue weighted by molar-refractivity contribution is 9.08. The van der Waals surface area contributed by atoms with E-state index >= 15 is 0 Å². The number of rotatable bonds is 6. The number of hydrogen-bond acceptors (Lipinski definition) is 3. The monoisotopic (exact) mass is 336 g/mol. The number of alkyl halides is 1. The standard InChI is InChI=1S/C16H21BrN2O/c1-12(2)19(8-9-20-3)16-14(11-17)10-13-6-4-5-7-15(13)18-16/h4-7,10,12H,8-9,11H2,1-3H3. The second-order valence-corrected chi connectivity index (χ2v) is 5.64. The third-order valence-corrected chi connectivity index (χ3v) is 3.96. The lowest BCUT2D eigenvalue weighted by Crippen LogP contribution is -2.35. The normalized spacial score (nSPS) is 11.2. The zero-order valence-corrected chi connectivity index (χ0v) is 13.9. The van der Waals surface area contributed by atoms with Gasteiger partial charge >= 0.3 is 0 Å². The van der Waals surface area contributed by atoms with Crippen LogP contribution in [0.3, 0.4) is 0 Å². The maximum absolute atomic E-state index is 5.22. The van der Waals surface area contributed by atoms with Gasteiger partial charge in [0.25, 0.3) is 0 Å². The van der Waals surface area contributed by atoms with Gasteiger partial charge in [-0.15, -0.1) is 0 Å². The molecule has 2 rings (SSSR count). The summed E-state index contributed by atoms with van der Waals surface area (Å²) in [6, 6.07) is 10.8. The first-order valence-electron chi connectivity index (χ1n) is 6.87. The Hall–Kier alpha value is -1.13. The zero-order valence-electron chi connectivity index (χ0n) is 12.3. The molecule has 1 aromatic carbocycles. The van der Waals surface area contributed by atoms with Crippen LogP contribution in [0.2, 0.25) is 0 Å². The predicted molar refractivity (Wildman–Crippen MR) is 88.7 cm³/mol. The fourth-order valence-corrected chi connectivity index (χ4v) is 2.71. The fourth-order valence-electron chi connectivity index (χ4n) is 2.29. The quantitative estimate of drug-likeness (QED) is 0.745. The number of ether oxygens (including phenoxy) is 1. The van der Waals surface area contributed by atoms with E-state index in [4.69, 9.17) is 9.72 Å². The van der Waals surface area contributed by atoms with Crippen molar-refractivity contribution in [3.8, 4) is 0 Å². The molecule has 108 valence electrons. The molecular weight excluding hydrogens is 316 g/mol. The minimum atomic E-state index is 0.386. The van der Waals surface area contributed by atoms with Crippen molar-refractivity contribution in [3.63, 3.8) is 0 Å². The predicted octanol–water partition coefficient (Wildman–Crippen LogP) is 3.99. The lowest BCUT2D eigenvalue weighted by Gasteiger charge is -2.29. The number of pyridine rings is 1. The first-order chi connectivity index (χ1) is 9.67. The lowest BCUT2D eigenvalue weighted by atomic mass is 10.1. The van der Waals surface area contributed by atoms with Gasteiger partial charge in [0.15, 0.2) is 0 Å². The Labute approximate surface area is 129 Å². The summed E-state index contributed by atoms with van der Waals surface area (Å²) in [6.45, 7) is 5.92. The molecule has 0 unspecified atom stereocenters. The summed E-state index contributed by atoms with van der Waals surface area (Å²) in [5, 5.41) is 1.98. The topological polar surface area (TPSA) is 25.4 Å². The van der Waals surface area contributed by atoms with Crippen LogP contribution in [0.4, 0.5) is 5.82 Å². The Balaban J connectivity index is 2.48. The van der Waals surface area contributed by atoms with Crippen LogP contribution in [0.1, 0.15) is 19.4 Å². The van der Waals surface area contributed by atoms with Crippen molar-refractivity contribution in [2.45, 2.75) is 25.2 Å². The Bertz CT molecular complexity index is 571. The number of benzene rings is 1. The summed E-state index contributed by atoms with van der Waals surface area (Å²) in [4.78, 5) is 7.16. The molecular formula is C16H21BrN2O. The van der Waals surface area contributed by atoms with Crippen molar-refractivity contribution < 1.29 is 4.74 Å². The molecule has 1 aromatic heterocycles. The molecule has 0 atom stereocenters. The molecule has 3 nitrogen and oxygen atoms in total. The van der Waals surface area contributed by atoms with Gasteiger partial charge in [-0.1, -0.05) is 34.1 Å². The SMILES string of the molecule is COCCN(c1nc2ccccc2cc1CBr)C(C)C. The lowest BCUT2D eigenvalue weighted by molar-refractivity contribution is 0.203. The third kappa shape index (κ3) is 3.30. The third-order valence-electron chi connectivity index (χ3n) is 3.36. The molecule has 2 aromatic rings. The highest BCUT2D eigenvalue weighted by Crippen LogP contribution is 2.26. The van der Waals surface area contributed by atoms with E-state index < -0.39 is 0 Å². The van der Waals surface area contributed by atoms with Crippen molar-refractivity contribution in [2.75, 3.05) is 25.2 Å². The van der Waals surface area contributed by atoms with Crippen LogP contribution in [0.15, 0.2) is 30.3 Å². The molecule has 0 spiro atoms. The van der Waals surface area contributed by atoms with Gasteiger partial charge < -0.3 is 9.64 Å². The van der Waals surface area contributed by atoms with E-state index in [0.29, 0.717) is 12.6 Å². The summed E-state index contributed by atoms with van der Waals surface area (Å²) >= 11 is 3.58. The molecule has 0 radical (unpaired) electrons. The highest BCUT2D eigenvalue weighted by atomic mass is 79.9. The summed E-state index contributed by atoms with van der Waals surface area (Å²) < 4.78 is 5.22. The van der Waals surface area contributed by atoms with Crippen LogP contribution in [-0.4, -0.2) is 31.3 Å². The first-order valence-corrected chi connectivity index (χ1v) is 7.99. The molecule has 0 bridgehead atoms. The van der Waals surface area contributed by atoms with Crippen molar-refractivity contribution in [3.05, 3.63) is 35.9 Å². The number of methoxy groups -OCH3 is 1. The summed E-state index contributed by atoms with van der Waals surface area (Å²) in [5.41, 5.74) is 2.25. The van der Waals surface area contributed by atoms with Crippen molar-refractivity contribution in [1.29, 1.82) is 0 Å². The molecule has 0 saturated carbocycles. The Morgan fingerprint density at radius 2 is 2.05 bits per heavy atom. The Morgan fingerprint density at radius 3 is 2.70 bits per heavy atom. The molecule has 0 saturated heterocycles. The maximum atomic E-state index is 5.22. The van der Waals surface area contributed by atoms with Gasteiger partial charge in [-0.2, -0.15) is 0 Å². The largest absolute Gasteiger partial charge is 0.383 e.